The number of amides is 1. The molecule has 0 bridgehead atoms. The number of fused-ring (bicyclic) bond motifs is 1. The molecular weight excluding hydrogens is 314 g/mol. The van der Waals surface area contributed by atoms with Gasteiger partial charge < -0.3 is 14.8 Å². The van der Waals surface area contributed by atoms with Gasteiger partial charge in [0.05, 0.1) is 18.6 Å². The van der Waals surface area contributed by atoms with E-state index >= 15 is 0 Å². The Kier molecular flexibility index (Phi) is 5.71. The maximum Gasteiger partial charge on any atom is 0.227 e. The van der Waals surface area contributed by atoms with Gasteiger partial charge in [-0.25, -0.2) is 0 Å². The summed E-state index contributed by atoms with van der Waals surface area (Å²) in [6.07, 6.45) is 0.933. The van der Waals surface area contributed by atoms with Crippen LogP contribution in [0.1, 0.15) is 30.5 Å². The minimum absolute atomic E-state index is 0.0401. The molecule has 1 N–H and O–H groups in total. The van der Waals surface area contributed by atoms with Crippen LogP contribution >= 0.6 is 0 Å². The van der Waals surface area contributed by atoms with Gasteiger partial charge in [0.1, 0.15) is 12.4 Å². The fourth-order valence-electron chi connectivity index (χ4n) is 2.92. The maximum atomic E-state index is 12.5. The average molecular weight is 339 g/mol. The number of hydrogen-bond acceptors (Lipinski definition) is 3. The summed E-state index contributed by atoms with van der Waals surface area (Å²) in [7, 11) is 0. The smallest absolute Gasteiger partial charge is 0.227 e. The lowest BCUT2D eigenvalue weighted by molar-refractivity contribution is -0.126. The summed E-state index contributed by atoms with van der Waals surface area (Å²) in [6.45, 7) is 5.59. The highest BCUT2D eigenvalue weighted by Crippen LogP contribution is 2.26. The van der Waals surface area contributed by atoms with Crippen molar-refractivity contribution in [2.24, 2.45) is 5.92 Å². The maximum absolute atomic E-state index is 12.5. The SMILES string of the molecule is CC(C)OCc1cccc(CNC(=O)[C@@H]2COc3ccccc3C2)c1. The summed E-state index contributed by atoms with van der Waals surface area (Å²) in [6, 6.07) is 16.0. The number of benzene rings is 2. The van der Waals surface area contributed by atoms with Crippen molar-refractivity contribution in [1.82, 2.24) is 5.32 Å². The van der Waals surface area contributed by atoms with Gasteiger partial charge in [0.2, 0.25) is 5.91 Å². The van der Waals surface area contributed by atoms with E-state index in [1.54, 1.807) is 0 Å². The fraction of sp³-hybridized carbons (Fsp3) is 0.381. The van der Waals surface area contributed by atoms with Gasteiger partial charge in [-0.3, -0.25) is 4.79 Å². The summed E-state index contributed by atoms with van der Waals surface area (Å²) in [5.74, 6) is 0.796. The van der Waals surface area contributed by atoms with E-state index in [0.717, 1.165) is 28.9 Å². The zero-order chi connectivity index (χ0) is 17.6. The van der Waals surface area contributed by atoms with Crippen molar-refractivity contribution in [3.8, 4) is 5.75 Å². The fourth-order valence-corrected chi connectivity index (χ4v) is 2.92. The molecule has 0 aliphatic carbocycles. The lowest BCUT2D eigenvalue weighted by atomic mass is 9.96. The average Bonchev–Trinajstić information content (AvgIpc) is 2.64. The van der Waals surface area contributed by atoms with Gasteiger partial charge in [-0.2, -0.15) is 0 Å². The number of hydrogen-bond donors (Lipinski definition) is 1. The van der Waals surface area contributed by atoms with E-state index in [1.807, 2.05) is 56.3 Å². The van der Waals surface area contributed by atoms with E-state index in [0.29, 0.717) is 19.8 Å². The van der Waals surface area contributed by atoms with Crippen LogP contribution in [-0.2, 0) is 29.1 Å². The normalized spacial score (nSPS) is 16.2. The molecule has 3 rings (SSSR count). The van der Waals surface area contributed by atoms with Crippen molar-refractivity contribution in [3.63, 3.8) is 0 Å². The molecule has 0 aromatic heterocycles. The molecule has 1 atom stereocenters. The largest absolute Gasteiger partial charge is 0.492 e. The molecule has 0 spiro atoms. The summed E-state index contributed by atoms with van der Waals surface area (Å²) in [5, 5.41) is 3.03. The molecule has 4 heteroatoms. The van der Waals surface area contributed by atoms with Gasteiger partial charge in [0.25, 0.3) is 0 Å². The minimum Gasteiger partial charge on any atom is -0.492 e. The van der Waals surface area contributed by atoms with E-state index in [2.05, 4.69) is 11.4 Å². The van der Waals surface area contributed by atoms with Crippen molar-refractivity contribution < 1.29 is 14.3 Å². The molecule has 1 aliphatic rings. The van der Waals surface area contributed by atoms with Crippen LogP contribution in [0, 0.1) is 5.92 Å². The highest BCUT2D eigenvalue weighted by Gasteiger charge is 2.25. The molecule has 2 aromatic carbocycles. The van der Waals surface area contributed by atoms with Crippen LogP contribution in [0.15, 0.2) is 48.5 Å². The Hall–Kier alpha value is -2.33. The second-order valence-corrected chi connectivity index (χ2v) is 6.72. The van der Waals surface area contributed by atoms with Gasteiger partial charge in [-0.1, -0.05) is 42.5 Å². The highest BCUT2D eigenvalue weighted by molar-refractivity contribution is 5.79. The Balaban J connectivity index is 1.53. The Morgan fingerprint density at radius 2 is 2.00 bits per heavy atom. The Bertz CT molecular complexity index is 727. The van der Waals surface area contributed by atoms with E-state index < -0.39 is 0 Å². The van der Waals surface area contributed by atoms with Crippen molar-refractivity contribution in [2.45, 2.75) is 39.5 Å². The van der Waals surface area contributed by atoms with E-state index in [4.69, 9.17) is 9.47 Å². The Morgan fingerprint density at radius 1 is 1.20 bits per heavy atom. The predicted octanol–water partition coefficient (Wildman–Crippen LogP) is 3.48. The molecule has 0 radical (unpaired) electrons. The zero-order valence-electron chi connectivity index (χ0n) is 14.8. The molecule has 0 unspecified atom stereocenters. The van der Waals surface area contributed by atoms with Crippen LogP contribution in [0.25, 0.3) is 0 Å². The lowest BCUT2D eigenvalue weighted by Gasteiger charge is -2.24. The third kappa shape index (κ3) is 4.83. The standard InChI is InChI=1S/C21H25NO3/c1-15(2)24-13-17-7-5-6-16(10-17)12-22-21(23)19-11-18-8-3-4-9-20(18)25-14-19/h3-10,15,19H,11-14H2,1-2H3,(H,22,23)/t19-/m0/s1. The van der Waals surface area contributed by atoms with Gasteiger partial charge in [0.15, 0.2) is 0 Å². The number of ether oxygens (including phenoxy) is 2. The van der Waals surface area contributed by atoms with E-state index in [1.165, 1.54) is 0 Å². The van der Waals surface area contributed by atoms with Crippen molar-refractivity contribution in [3.05, 3.63) is 65.2 Å². The molecular formula is C21H25NO3. The summed E-state index contributed by atoms with van der Waals surface area (Å²) in [4.78, 5) is 12.5. The topological polar surface area (TPSA) is 47.6 Å². The first kappa shape index (κ1) is 17.5. The number of carbonyl (C=O) groups is 1. The van der Waals surface area contributed by atoms with Gasteiger partial charge in [-0.05, 0) is 43.0 Å². The molecule has 2 aromatic rings. The quantitative estimate of drug-likeness (QED) is 0.876. The van der Waals surface area contributed by atoms with Crippen LogP contribution in [0.4, 0.5) is 0 Å². The monoisotopic (exact) mass is 339 g/mol. The van der Waals surface area contributed by atoms with Gasteiger partial charge in [-0.15, -0.1) is 0 Å². The molecule has 1 heterocycles. The molecule has 132 valence electrons. The van der Waals surface area contributed by atoms with Gasteiger partial charge in [0, 0.05) is 6.54 Å². The van der Waals surface area contributed by atoms with Crippen LogP contribution in [0.2, 0.25) is 0 Å². The second kappa shape index (κ2) is 8.17. The second-order valence-electron chi connectivity index (χ2n) is 6.72. The third-order valence-corrected chi connectivity index (χ3v) is 4.29. The van der Waals surface area contributed by atoms with Gasteiger partial charge >= 0.3 is 0 Å². The van der Waals surface area contributed by atoms with E-state index in [9.17, 15) is 4.79 Å². The van der Waals surface area contributed by atoms with Crippen molar-refractivity contribution >= 4 is 5.91 Å². The summed E-state index contributed by atoms with van der Waals surface area (Å²) in [5.41, 5.74) is 3.30. The van der Waals surface area contributed by atoms with Crippen molar-refractivity contribution in [1.29, 1.82) is 0 Å². The lowest BCUT2D eigenvalue weighted by Crippen LogP contribution is -2.37. The molecule has 0 saturated carbocycles. The predicted molar refractivity (Wildman–Crippen MR) is 97.3 cm³/mol. The number of nitrogens with one attached hydrogen (secondary N) is 1. The summed E-state index contributed by atoms with van der Waals surface area (Å²) >= 11 is 0. The molecule has 0 fully saturated rings. The first-order valence-corrected chi connectivity index (χ1v) is 8.79. The Morgan fingerprint density at radius 3 is 2.84 bits per heavy atom. The number of carbonyl (C=O) groups excluding carboxylic acids is 1. The Labute approximate surface area is 149 Å². The molecule has 25 heavy (non-hydrogen) atoms. The molecule has 1 aliphatic heterocycles. The van der Waals surface area contributed by atoms with Crippen LogP contribution < -0.4 is 10.1 Å². The van der Waals surface area contributed by atoms with Crippen molar-refractivity contribution in [2.75, 3.05) is 6.61 Å². The first-order valence-electron chi connectivity index (χ1n) is 8.79. The molecule has 1 amide bonds. The summed E-state index contributed by atoms with van der Waals surface area (Å²) < 4.78 is 11.3. The number of para-hydroxylation sites is 1. The van der Waals surface area contributed by atoms with Crippen LogP contribution in [-0.4, -0.2) is 18.6 Å². The number of rotatable bonds is 6. The van der Waals surface area contributed by atoms with Crippen LogP contribution in [0.5, 0.6) is 5.75 Å². The highest BCUT2D eigenvalue weighted by atomic mass is 16.5. The molecule has 4 nitrogen and oxygen atoms in total. The third-order valence-electron chi connectivity index (χ3n) is 4.29. The zero-order valence-corrected chi connectivity index (χ0v) is 14.8. The molecule has 0 saturated heterocycles. The van der Waals surface area contributed by atoms with E-state index in [-0.39, 0.29) is 17.9 Å². The first-order chi connectivity index (χ1) is 12.1. The van der Waals surface area contributed by atoms with Crippen LogP contribution in [0.3, 0.4) is 0 Å². The minimum atomic E-state index is -0.137.